The number of non-ortho nitro benzene ring substituents is 1. The molecule has 0 aliphatic carbocycles. The Morgan fingerprint density at radius 3 is 2.28 bits per heavy atom. The molecule has 0 amide bonds. The topological polar surface area (TPSA) is 69.4 Å². The fraction of sp³-hybridized carbons (Fsp3) is 0.550. The lowest BCUT2D eigenvalue weighted by atomic mass is 10.1. The minimum Gasteiger partial charge on any atom is -0.493 e. The van der Waals surface area contributed by atoms with Gasteiger partial charge in [-0.1, -0.05) is 58.3 Å². The van der Waals surface area contributed by atoms with Gasteiger partial charge >= 0.3 is 0 Å². The minimum atomic E-state index is -0.456. The lowest BCUT2D eigenvalue weighted by Gasteiger charge is -2.09. The predicted molar refractivity (Wildman–Crippen MR) is 101 cm³/mol. The molecule has 25 heavy (non-hydrogen) atoms. The third-order valence-electron chi connectivity index (χ3n) is 4.06. The van der Waals surface area contributed by atoms with E-state index in [4.69, 9.17) is 4.74 Å². The van der Waals surface area contributed by atoms with E-state index in [1.54, 1.807) is 6.07 Å². The normalized spacial score (nSPS) is 10.9. The molecule has 1 aromatic rings. The Morgan fingerprint density at radius 1 is 1.04 bits per heavy atom. The zero-order valence-electron chi connectivity index (χ0n) is 15.1. The maximum Gasteiger partial charge on any atom is 0.270 e. The molecule has 1 aromatic carbocycles. The molecule has 0 atom stereocenters. The second-order valence-electron chi connectivity index (χ2n) is 6.15. The van der Waals surface area contributed by atoms with Crippen molar-refractivity contribution < 1.29 is 14.5 Å². The summed E-state index contributed by atoms with van der Waals surface area (Å²) in [7, 11) is 0. The fourth-order valence-corrected chi connectivity index (χ4v) is 2.65. The van der Waals surface area contributed by atoms with E-state index in [-0.39, 0.29) is 5.69 Å². The lowest BCUT2D eigenvalue weighted by molar-refractivity contribution is -0.384. The highest BCUT2D eigenvalue weighted by Crippen LogP contribution is 2.25. The van der Waals surface area contributed by atoms with Crippen molar-refractivity contribution in [2.75, 3.05) is 6.61 Å². The van der Waals surface area contributed by atoms with Gasteiger partial charge in [-0.15, -0.1) is 0 Å². The number of nitrogens with zero attached hydrogens (tertiary/aromatic N) is 1. The van der Waals surface area contributed by atoms with Crippen LogP contribution in [-0.2, 0) is 4.79 Å². The van der Waals surface area contributed by atoms with Crippen LogP contribution in [0.5, 0.6) is 5.75 Å². The number of benzene rings is 1. The van der Waals surface area contributed by atoms with Crippen molar-refractivity contribution in [2.24, 2.45) is 0 Å². The smallest absolute Gasteiger partial charge is 0.270 e. The first-order chi connectivity index (χ1) is 12.2. The number of carbonyl (C=O) groups excluding carboxylic acids is 1. The molecular formula is C20H29NO4. The molecule has 138 valence electrons. The molecule has 0 spiro atoms. The van der Waals surface area contributed by atoms with Crippen LogP contribution in [0, 0.1) is 10.1 Å². The van der Waals surface area contributed by atoms with Gasteiger partial charge in [0.25, 0.3) is 5.69 Å². The van der Waals surface area contributed by atoms with Gasteiger partial charge in [0, 0.05) is 17.7 Å². The van der Waals surface area contributed by atoms with Crippen LogP contribution in [0.15, 0.2) is 24.3 Å². The first-order valence-electron chi connectivity index (χ1n) is 9.22. The van der Waals surface area contributed by atoms with E-state index >= 15 is 0 Å². The summed E-state index contributed by atoms with van der Waals surface area (Å²) in [5.41, 5.74) is 0.540. The molecule has 0 fully saturated rings. The van der Waals surface area contributed by atoms with Crippen LogP contribution in [0.25, 0.3) is 6.08 Å². The molecule has 0 bridgehead atoms. The summed E-state index contributed by atoms with van der Waals surface area (Å²) in [6.45, 7) is 2.81. The number of rotatable bonds is 14. The van der Waals surface area contributed by atoms with Crippen molar-refractivity contribution >= 4 is 18.0 Å². The predicted octanol–water partition coefficient (Wildman–Crippen LogP) is 5.72. The minimum absolute atomic E-state index is 0.0130. The van der Waals surface area contributed by atoms with E-state index in [1.165, 1.54) is 69.2 Å². The van der Waals surface area contributed by atoms with Crippen LogP contribution < -0.4 is 4.74 Å². The van der Waals surface area contributed by atoms with Gasteiger partial charge in [-0.2, -0.15) is 0 Å². The summed E-state index contributed by atoms with van der Waals surface area (Å²) in [5.74, 6) is 0.572. The van der Waals surface area contributed by atoms with Crippen LogP contribution in [0.4, 0.5) is 5.69 Å². The quantitative estimate of drug-likeness (QED) is 0.142. The van der Waals surface area contributed by atoms with Gasteiger partial charge in [0.1, 0.15) is 12.0 Å². The van der Waals surface area contributed by atoms with Gasteiger partial charge in [0.2, 0.25) is 0 Å². The second-order valence-corrected chi connectivity index (χ2v) is 6.15. The van der Waals surface area contributed by atoms with E-state index in [9.17, 15) is 14.9 Å². The Labute approximate surface area is 150 Å². The molecule has 5 nitrogen and oxygen atoms in total. The number of hydrogen-bond donors (Lipinski definition) is 0. The van der Waals surface area contributed by atoms with Crippen LogP contribution in [0.2, 0.25) is 0 Å². The largest absolute Gasteiger partial charge is 0.493 e. The van der Waals surface area contributed by atoms with E-state index in [1.807, 2.05) is 0 Å². The number of nitro groups is 1. The second kappa shape index (κ2) is 13.2. The fourth-order valence-electron chi connectivity index (χ4n) is 2.65. The summed E-state index contributed by atoms with van der Waals surface area (Å²) in [6.07, 6.45) is 14.7. The summed E-state index contributed by atoms with van der Waals surface area (Å²) >= 11 is 0. The first kappa shape index (κ1) is 20.9. The molecule has 0 N–H and O–H groups in total. The maximum absolute atomic E-state index is 10.9. The van der Waals surface area contributed by atoms with Gasteiger partial charge in [0.05, 0.1) is 11.5 Å². The Hall–Kier alpha value is -2.17. The Bertz CT molecular complexity index is 555. The van der Waals surface area contributed by atoms with E-state index in [2.05, 4.69) is 6.92 Å². The van der Waals surface area contributed by atoms with Crippen molar-refractivity contribution in [3.05, 3.63) is 40.0 Å². The van der Waals surface area contributed by atoms with Crippen LogP contribution in [0.3, 0.4) is 0 Å². The SMILES string of the molecule is CCCCCCCCCCCOc1ccc([N+](=O)[O-])cc1C=CC=O. The number of hydrogen-bond acceptors (Lipinski definition) is 4. The van der Waals surface area contributed by atoms with Crippen molar-refractivity contribution in [3.8, 4) is 5.75 Å². The highest BCUT2D eigenvalue weighted by atomic mass is 16.6. The molecule has 0 aromatic heterocycles. The standard InChI is InChI=1S/C20H29NO4/c1-2-3-4-5-6-7-8-9-10-16-25-20-14-13-19(21(23)24)17-18(20)12-11-15-22/h11-15,17H,2-10,16H2,1H3. The number of allylic oxidation sites excluding steroid dienone is 1. The number of aldehydes is 1. The zero-order valence-corrected chi connectivity index (χ0v) is 15.1. The molecule has 0 aliphatic heterocycles. The third kappa shape index (κ3) is 9.03. The highest BCUT2D eigenvalue weighted by Gasteiger charge is 2.10. The third-order valence-corrected chi connectivity index (χ3v) is 4.06. The molecule has 0 aliphatic rings. The number of carbonyl (C=O) groups is 1. The highest BCUT2D eigenvalue weighted by molar-refractivity contribution is 5.76. The van der Waals surface area contributed by atoms with Crippen LogP contribution >= 0.6 is 0 Å². The first-order valence-corrected chi connectivity index (χ1v) is 9.22. The summed E-state index contributed by atoms with van der Waals surface area (Å²) < 4.78 is 5.74. The zero-order chi connectivity index (χ0) is 18.3. The van der Waals surface area contributed by atoms with Crippen molar-refractivity contribution in [1.82, 2.24) is 0 Å². The molecule has 1 rings (SSSR count). The lowest BCUT2D eigenvalue weighted by Crippen LogP contribution is -2.00. The Morgan fingerprint density at radius 2 is 1.68 bits per heavy atom. The van der Waals surface area contributed by atoms with Gasteiger partial charge in [-0.3, -0.25) is 14.9 Å². The molecular weight excluding hydrogens is 318 g/mol. The Balaban J connectivity index is 2.33. The van der Waals surface area contributed by atoms with E-state index < -0.39 is 4.92 Å². The molecule has 0 radical (unpaired) electrons. The molecule has 0 unspecified atom stereocenters. The Kier molecular flexibility index (Phi) is 11.0. The van der Waals surface area contributed by atoms with Crippen molar-refractivity contribution in [3.63, 3.8) is 0 Å². The van der Waals surface area contributed by atoms with E-state index in [0.717, 1.165) is 12.8 Å². The summed E-state index contributed by atoms with van der Waals surface area (Å²) in [5, 5.41) is 10.9. The number of ether oxygens (including phenoxy) is 1. The maximum atomic E-state index is 10.9. The number of unbranched alkanes of at least 4 members (excludes halogenated alkanes) is 8. The molecule has 5 heteroatoms. The molecule has 0 heterocycles. The van der Waals surface area contributed by atoms with E-state index in [0.29, 0.717) is 24.2 Å². The van der Waals surface area contributed by atoms with Crippen molar-refractivity contribution in [1.29, 1.82) is 0 Å². The van der Waals surface area contributed by atoms with Gasteiger partial charge in [-0.25, -0.2) is 0 Å². The summed E-state index contributed by atoms with van der Waals surface area (Å²) in [6, 6.07) is 4.44. The molecule has 0 saturated heterocycles. The summed E-state index contributed by atoms with van der Waals surface area (Å²) in [4.78, 5) is 20.9. The van der Waals surface area contributed by atoms with Crippen LogP contribution in [0.1, 0.15) is 70.3 Å². The monoisotopic (exact) mass is 347 g/mol. The number of nitro benzene ring substituents is 1. The average molecular weight is 347 g/mol. The van der Waals surface area contributed by atoms with Crippen molar-refractivity contribution in [2.45, 2.75) is 64.7 Å². The average Bonchev–Trinajstić information content (AvgIpc) is 2.61. The van der Waals surface area contributed by atoms with Gasteiger partial charge < -0.3 is 4.74 Å². The molecule has 0 saturated carbocycles. The van der Waals surface area contributed by atoms with Gasteiger partial charge in [-0.05, 0) is 24.6 Å². The van der Waals surface area contributed by atoms with Crippen LogP contribution in [-0.4, -0.2) is 17.8 Å². The van der Waals surface area contributed by atoms with Gasteiger partial charge in [0.15, 0.2) is 0 Å².